The summed E-state index contributed by atoms with van der Waals surface area (Å²) in [6, 6.07) is 4.64. The lowest BCUT2D eigenvalue weighted by Gasteiger charge is -2.40. The molecule has 4 atom stereocenters. The first kappa shape index (κ1) is 17.6. The molecule has 1 aromatic rings. The van der Waals surface area contributed by atoms with Gasteiger partial charge in [-0.3, -0.25) is 4.79 Å². The highest BCUT2D eigenvalue weighted by atomic mass is 35.5. The van der Waals surface area contributed by atoms with Gasteiger partial charge in [-0.25, -0.2) is 4.39 Å². The summed E-state index contributed by atoms with van der Waals surface area (Å²) in [5.74, 6) is 0.263. The predicted molar refractivity (Wildman–Crippen MR) is 91.8 cm³/mol. The number of nitrogens with zero attached hydrogens (tertiary/aromatic N) is 2. The molecule has 4 nitrogen and oxygen atoms in total. The lowest BCUT2D eigenvalue weighted by molar-refractivity contribution is -0.0209. The van der Waals surface area contributed by atoms with Gasteiger partial charge in [-0.05, 0) is 57.0 Å². The summed E-state index contributed by atoms with van der Waals surface area (Å²) in [6.45, 7) is 1.45. The molecule has 1 aliphatic carbocycles. The van der Waals surface area contributed by atoms with Crippen molar-refractivity contribution in [3.63, 3.8) is 0 Å². The van der Waals surface area contributed by atoms with Crippen LogP contribution in [0.25, 0.3) is 0 Å². The molecule has 24 heavy (non-hydrogen) atoms. The number of methoxy groups -OCH3 is 1. The molecule has 0 spiro atoms. The summed E-state index contributed by atoms with van der Waals surface area (Å²) < 4.78 is 19.3. The average molecular weight is 355 g/mol. The van der Waals surface area contributed by atoms with Crippen LogP contribution >= 0.6 is 11.6 Å². The van der Waals surface area contributed by atoms with Crippen molar-refractivity contribution in [2.45, 2.75) is 25.0 Å². The van der Waals surface area contributed by atoms with E-state index in [9.17, 15) is 9.18 Å². The molecule has 2 aliphatic rings. The Morgan fingerprint density at radius 3 is 2.54 bits per heavy atom. The zero-order chi connectivity index (χ0) is 17.4. The van der Waals surface area contributed by atoms with Crippen molar-refractivity contribution in [2.75, 3.05) is 34.3 Å². The van der Waals surface area contributed by atoms with Gasteiger partial charge in [0.1, 0.15) is 5.82 Å². The van der Waals surface area contributed by atoms with Gasteiger partial charge in [0.05, 0.1) is 11.1 Å². The van der Waals surface area contributed by atoms with Gasteiger partial charge in [0.25, 0.3) is 5.91 Å². The average Bonchev–Trinajstić information content (AvgIpc) is 2.98. The van der Waals surface area contributed by atoms with Gasteiger partial charge in [0.2, 0.25) is 0 Å². The molecule has 0 bridgehead atoms. The van der Waals surface area contributed by atoms with E-state index in [2.05, 4.69) is 19.0 Å². The topological polar surface area (TPSA) is 32.8 Å². The van der Waals surface area contributed by atoms with E-state index in [-0.39, 0.29) is 17.0 Å². The second kappa shape index (κ2) is 6.98. The zero-order valence-electron chi connectivity index (χ0n) is 14.3. The number of amides is 1. The molecular weight excluding hydrogens is 331 g/mol. The van der Waals surface area contributed by atoms with Gasteiger partial charge in [-0.2, -0.15) is 0 Å². The van der Waals surface area contributed by atoms with Crippen molar-refractivity contribution in [1.82, 2.24) is 9.80 Å². The lowest BCUT2D eigenvalue weighted by Crippen LogP contribution is -2.47. The maximum atomic E-state index is 13.6. The van der Waals surface area contributed by atoms with Crippen LogP contribution in [0.1, 0.15) is 23.2 Å². The summed E-state index contributed by atoms with van der Waals surface area (Å²) >= 11 is 5.70. The predicted octanol–water partition coefficient (Wildman–Crippen LogP) is 2.91. The zero-order valence-corrected chi connectivity index (χ0v) is 15.1. The number of benzene rings is 1. The van der Waals surface area contributed by atoms with Crippen LogP contribution in [-0.4, -0.2) is 62.1 Å². The maximum Gasteiger partial charge on any atom is 0.253 e. The molecule has 1 saturated carbocycles. The Balaban J connectivity index is 1.72. The second-order valence-electron chi connectivity index (χ2n) is 7.14. The van der Waals surface area contributed by atoms with Crippen LogP contribution in [0.3, 0.4) is 0 Å². The Bertz CT molecular complexity index is 625. The van der Waals surface area contributed by atoms with Gasteiger partial charge in [0.15, 0.2) is 0 Å². The van der Waals surface area contributed by atoms with E-state index in [1.165, 1.54) is 12.1 Å². The van der Waals surface area contributed by atoms with Crippen LogP contribution in [0, 0.1) is 17.7 Å². The van der Waals surface area contributed by atoms with E-state index >= 15 is 0 Å². The Morgan fingerprint density at radius 2 is 1.96 bits per heavy atom. The first-order valence-corrected chi connectivity index (χ1v) is 8.72. The smallest absolute Gasteiger partial charge is 0.253 e. The number of carbonyl (C=O) groups is 1. The SMILES string of the molecule is CO[C@@H]1C[C@H]2CN(C(=O)c3ccc(Cl)c(F)c3)C[C@H]2C[C@H]1N(C)C. The van der Waals surface area contributed by atoms with E-state index in [4.69, 9.17) is 16.3 Å². The van der Waals surface area contributed by atoms with Gasteiger partial charge >= 0.3 is 0 Å². The molecule has 1 aliphatic heterocycles. The molecule has 132 valence electrons. The molecule has 6 heteroatoms. The fraction of sp³-hybridized carbons (Fsp3) is 0.611. The summed E-state index contributed by atoms with van der Waals surface area (Å²) in [4.78, 5) is 16.8. The Labute approximate surface area is 147 Å². The van der Waals surface area contributed by atoms with Crippen LogP contribution < -0.4 is 0 Å². The molecule has 1 aromatic carbocycles. The van der Waals surface area contributed by atoms with Gasteiger partial charge in [-0.1, -0.05) is 11.6 Å². The fourth-order valence-corrected chi connectivity index (χ4v) is 4.28. The van der Waals surface area contributed by atoms with Crippen LogP contribution in [0.4, 0.5) is 4.39 Å². The molecule has 3 rings (SSSR count). The number of fused-ring (bicyclic) bond motifs is 1. The number of likely N-dealkylation sites (tertiary alicyclic amines) is 1. The van der Waals surface area contributed by atoms with Crippen molar-refractivity contribution in [1.29, 1.82) is 0 Å². The number of rotatable bonds is 3. The van der Waals surface area contributed by atoms with Crippen LogP contribution in [-0.2, 0) is 4.74 Å². The van der Waals surface area contributed by atoms with E-state index in [1.54, 1.807) is 13.2 Å². The molecule has 1 heterocycles. The first-order chi connectivity index (χ1) is 11.4. The minimum Gasteiger partial charge on any atom is -0.380 e. The molecule has 0 radical (unpaired) electrons. The molecule has 2 fully saturated rings. The Kier molecular flexibility index (Phi) is 5.13. The van der Waals surface area contributed by atoms with Crippen molar-refractivity contribution in [2.24, 2.45) is 11.8 Å². The third kappa shape index (κ3) is 3.30. The van der Waals surface area contributed by atoms with E-state index in [1.807, 2.05) is 4.90 Å². The quantitative estimate of drug-likeness (QED) is 0.836. The minimum atomic E-state index is -0.550. The highest BCUT2D eigenvalue weighted by molar-refractivity contribution is 6.30. The molecule has 1 amide bonds. The van der Waals surface area contributed by atoms with E-state index < -0.39 is 5.82 Å². The Hall–Kier alpha value is -1.17. The van der Waals surface area contributed by atoms with E-state index in [0.29, 0.717) is 30.0 Å². The highest BCUT2D eigenvalue weighted by Gasteiger charge is 2.44. The van der Waals surface area contributed by atoms with Crippen molar-refractivity contribution >= 4 is 17.5 Å². The van der Waals surface area contributed by atoms with Crippen molar-refractivity contribution in [3.8, 4) is 0 Å². The monoisotopic (exact) mass is 354 g/mol. The number of halogens is 2. The van der Waals surface area contributed by atoms with Crippen LogP contribution in [0.5, 0.6) is 0 Å². The number of ether oxygens (including phenoxy) is 1. The molecule has 1 saturated heterocycles. The number of carbonyl (C=O) groups excluding carboxylic acids is 1. The normalized spacial score (nSPS) is 29.8. The minimum absolute atomic E-state index is 0.0402. The third-order valence-corrected chi connectivity index (χ3v) is 5.81. The third-order valence-electron chi connectivity index (χ3n) is 5.50. The van der Waals surface area contributed by atoms with E-state index in [0.717, 1.165) is 19.4 Å². The summed E-state index contributed by atoms with van der Waals surface area (Å²) in [6.07, 6.45) is 2.18. The maximum absolute atomic E-state index is 13.6. The second-order valence-corrected chi connectivity index (χ2v) is 7.54. The standard InChI is InChI=1S/C18H24ClFN2O2/c1-21(2)16-7-12-9-22(10-13(12)8-17(16)24-3)18(23)11-4-5-14(19)15(20)6-11/h4-6,12-13,16-17H,7-10H2,1-3H3/t12-,13+,16-,17-/m1/s1. The fourth-order valence-electron chi connectivity index (χ4n) is 4.16. The molecular formula is C18H24ClFN2O2. The van der Waals surface area contributed by atoms with Gasteiger partial charge < -0.3 is 14.5 Å². The lowest BCUT2D eigenvalue weighted by atomic mass is 9.77. The number of hydrogen-bond donors (Lipinski definition) is 0. The van der Waals surface area contributed by atoms with Crippen LogP contribution in [0.15, 0.2) is 18.2 Å². The highest BCUT2D eigenvalue weighted by Crippen LogP contribution is 2.39. The summed E-state index contributed by atoms with van der Waals surface area (Å²) in [5, 5.41) is 0.0402. The number of likely N-dealkylation sites (N-methyl/N-ethyl adjacent to an activating group) is 1. The number of hydrogen-bond acceptors (Lipinski definition) is 3. The van der Waals surface area contributed by atoms with Crippen LogP contribution in [0.2, 0.25) is 5.02 Å². The first-order valence-electron chi connectivity index (χ1n) is 8.34. The van der Waals surface area contributed by atoms with Gasteiger partial charge in [-0.15, -0.1) is 0 Å². The van der Waals surface area contributed by atoms with Gasteiger partial charge in [0, 0.05) is 31.8 Å². The summed E-state index contributed by atoms with van der Waals surface area (Å²) in [5.41, 5.74) is 0.364. The largest absolute Gasteiger partial charge is 0.380 e. The summed E-state index contributed by atoms with van der Waals surface area (Å²) in [7, 11) is 5.91. The molecule has 0 unspecified atom stereocenters. The van der Waals surface area contributed by atoms with Crippen molar-refractivity contribution in [3.05, 3.63) is 34.6 Å². The molecule has 0 aromatic heterocycles. The van der Waals surface area contributed by atoms with Crippen molar-refractivity contribution < 1.29 is 13.9 Å². The Morgan fingerprint density at radius 1 is 1.29 bits per heavy atom. The molecule has 0 N–H and O–H groups in total.